The van der Waals surface area contributed by atoms with Crippen LogP contribution in [0.3, 0.4) is 0 Å². The van der Waals surface area contributed by atoms with Crippen LogP contribution in [-0.2, 0) is 0 Å². The molecule has 180 valence electrons. The molecule has 0 unspecified atom stereocenters. The molecular formula is C19H9N7O10. The fourth-order valence-corrected chi connectivity index (χ4v) is 3.65. The van der Waals surface area contributed by atoms with E-state index in [-0.39, 0.29) is 33.7 Å². The Kier molecular flexibility index (Phi) is 5.49. The third-order valence-corrected chi connectivity index (χ3v) is 5.18. The molecule has 4 rings (SSSR count). The zero-order chi connectivity index (χ0) is 26.3. The molecule has 0 bridgehead atoms. The third kappa shape index (κ3) is 3.87. The van der Waals surface area contributed by atoms with Gasteiger partial charge in [0.1, 0.15) is 5.69 Å². The Morgan fingerprint density at radius 2 is 1.08 bits per heavy atom. The number of nitro groups is 5. The molecule has 0 aliphatic heterocycles. The number of hydrazone groups is 1. The van der Waals surface area contributed by atoms with Gasteiger partial charge in [-0.1, -0.05) is 0 Å². The molecule has 0 fully saturated rings. The molecule has 0 aromatic heterocycles. The van der Waals surface area contributed by atoms with E-state index in [9.17, 15) is 50.6 Å². The van der Waals surface area contributed by atoms with E-state index >= 15 is 0 Å². The van der Waals surface area contributed by atoms with Gasteiger partial charge in [0.25, 0.3) is 22.7 Å². The highest BCUT2D eigenvalue weighted by atomic mass is 16.6. The highest BCUT2D eigenvalue weighted by Gasteiger charge is 2.36. The van der Waals surface area contributed by atoms with Crippen molar-refractivity contribution in [2.24, 2.45) is 5.10 Å². The quantitative estimate of drug-likeness (QED) is 0.283. The zero-order valence-corrected chi connectivity index (χ0v) is 17.4. The Morgan fingerprint density at radius 3 is 1.67 bits per heavy atom. The topological polar surface area (TPSA) is 240 Å². The molecule has 0 amide bonds. The summed E-state index contributed by atoms with van der Waals surface area (Å²) in [5.74, 6) is 0. The number of non-ortho nitro benzene ring substituents is 3. The first-order valence-electron chi connectivity index (χ1n) is 9.52. The van der Waals surface area contributed by atoms with Crippen LogP contribution in [0.4, 0.5) is 34.1 Å². The van der Waals surface area contributed by atoms with Gasteiger partial charge in [-0.25, -0.2) is 0 Å². The number of nitrogens with zero attached hydrogens (tertiary/aromatic N) is 6. The molecular weight excluding hydrogens is 486 g/mol. The maximum atomic E-state index is 11.7. The van der Waals surface area contributed by atoms with Crippen molar-refractivity contribution in [3.63, 3.8) is 0 Å². The van der Waals surface area contributed by atoms with Crippen LogP contribution >= 0.6 is 0 Å². The van der Waals surface area contributed by atoms with Crippen LogP contribution in [0.5, 0.6) is 0 Å². The average molecular weight is 495 g/mol. The summed E-state index contributed by atoms with van der Waals surface area (Å²) in [5.41, 5.74) is -1.27. The van der Waals surface area contributed by atoms with Crippen LogP contribution in [0.25, 0.3) is 11.1 Å². The van der Waals surface area contributed by atoms with Gasteiger partial charge >= 0.3 is 5.69 Å². The normalized spacial score (nSPS) is 12.5. The predicted octanol–water partition coefficient (Wildman–Crippen LogP) is 4.07. The van der Waals surface area contributed by atoms with Gasteiger partial charge in [-0.05, 0) is 17.7 Å². The molecule has 1 aliphatic rings. The molecule has 0 heterocycles. The van der Waals surface area contributed by atoms with Crippen molar-refractivity contribution in [2.75, 3.05) is 5.43 Å². The predicted molar refractivity (Wildman–Crippen MR) is 121 cm³/mol. The van der Waals surface area contributed by atoms with Gasteiger partial charge < -0.3 is 0 Å². The maximum absolute atomic E-state index is 11.7. The molecule has 1 aliphatic carbocycles. The van der Waals surface area contributed by atoms with Crippen molar-refractivity contribution in [3.05, 3.63) is 110 Å². The van der Waals surface area contributed by atoms with E-state index in [1.54, 1.807) is 0 Å². The highest BCUT2D eigenvalue weighted by molar-refractivity contribution is 6.26. The van der Waals surface area contributed by atoms with Gasteiger partial charge in [0.15, 0.2) is 0 Å². The standard InChI is InChI=1S/C19H9N7O10/c27-22(28)9-1-3-12-13(5-9)19(14-6-11(24(31)32)8-17(18(12)14)26(35)36)21-20-15-4-2-10(23(29)30)7-16(15)25(33)34/h1-8,20H/b21-19-. The first-order chi connectivity index (χ1) is 17.0. The van der Waals surface area contributed by atoms with E-state index in [4.69, 9.17) is 0 Å². The van der Waals surface area contributed by atoms with Crippen molar-refractivity contribution in [2.45, 2.75) is 0 Å². The Morgan fingerprint density at radius 1 is 0.556 bits per heavy atom. The SMILES string of the molecule is O=[N+]([O-])c1ccc2c(c1)/C(=N/Nc1ccc([N+](=O)[O-])cc1[N+](=O)[O-])c1cc([N+](=O)[O-])cc([N+](=O)[O-])c1-2. The van der Waals surface area contributed by atoms with E-state index in [0.29, 0.717) is 6.07 Å². The van der Waals surface area contributed by atoms with E-state index < -0.39 is 53.1 Å². The molecule has 0 spiro atoms. The van der Waals surface area contributed by atoms with Crippen molar-refractivity contribution in [1.82, 2.24) is 0 Å². The molecule has 3 aromatic carbocycles. The Labute approximate surface area is 197 Å². The minimum Gasteiger partial charge on any atom is -0.271 e. The minimum absolute atomic E-state index is 0.000127. The Bertz CT molecular complexity index is 1570. The Balaban J connectivity index is 1.96. The molecule has 36 heavy (non-hydrogen) atoms. The lowest BCUT2D eigenvalue weighted by Crippen LogP contribution is -2.06. The van der Waals surface area contributed by atoms with Crippen molar-refractivity contribution in [3.8, 4) is 11.1 Å². The van der Waals surface area contributed by atoms with Crippen molar-refractivity contribution < 1.29 is 24.6 Å². The van der Waals surface area contributed by atoms with Crippen molar-refractivity contribution >= 4 is 39.8 Å². The summed E-state index contributed by atoms with van der Waals surface area (Å²) in [6.07, 6.45) is 0. The van der Waals surface area contributed by atoms with Crippen molar-refractivity contribution in [1.29, 1.82) is 0 Å². The summed E-state index contributed by atoms with van der Waals surface area (Å²) in [6, 6.07) is 7.73. The molecule has 0 radical (unpaired) electrons. The molecule has 1 N–H and O–H groups in total. The maximum Gasteiger partial charge on any atom is 0.301 e. The van der Waals surface area contributed by atoms with Gasteiger partial charge in [0.2, 0.25) is 0 Å². The first-order valence-corrected chi connectivity index (χ1v) is 9.52. The Hall–Kier alpha value is -5.87. The summed E-state index contributed by atoms with van der Waals surface area (Å²) in [7, 11) is 0. The number of nitro benzene ring substituents is 5. The summed E-state index contributed by atoms with van der Waals surface area (Å²) < 4.78 is 0. The molecule has 17 nitrogen and oxygen atoms in total. The lowest BCUT2D eigenvalue weighted by Gasteiger charge is -2.06. The van der Waals surface area contributed by atoms with Crippen LogP contribution in [0.1, 0.15) is 11.1 Å². The van der Waals surface area contributed by atoms with Crippen LogP contribution in [-0.4, -0.2) is 30.3 Å². The van der Waals surface area contributed by atoms with E-state index in [0.717, 1.165) is 36.4 Å². The largest absolute Gasteiger partial charge is 0.301 e. The second kappa shape index (κ2) is 8.48. The van der Waals surface area contributed by atoms with Gasteiger partial charge in [-0.2, -0.15) is 5.10 Å². The number of rotatable bonds is 7. The summed E-state index contributed by atoms with van der Waals surface area (Å²) in [4.78, 5) is 52.6. The molecule has 0 atom stereocenters. The fraction of sp³-hybridized carbons (Fsp3) is 0. The number of fused-ring (bicyclic) bond motifs is 3. The van der Waals surface area contributed by atoms with Crippen LogP contribution in [0, 0.1) is 50.6 Å². The number of benzene rings is 3. The molecule has 17 heteroatoms. The zero-order valence-electron chi connectivity index (χ0n) is 17.4. The molecule has 3 aromatic rings. The number of hydrogen-bond donors (Lipinski definition) is 1. The fourth-order valence-electron chi connectivity index (χ4n) is 3.65. The highest BCUT2D eigenvalue weighted by Crippen LogP contribution is 2.46. The summed E-state index contributed by atoms with van der Waals surface area (Å²) in [6.45, 7) is 0. The van der Waals surface area contributed by atoms with Gasteiger partial charge in [-0.15, -0.1) is 0 Å². The average Bonchev–Trinajstić information content (AvgIpc) is 3.14. The lowest BCUT2D eigenvalue weighted by molar-refractivity contribution is -0.394. The van der Waals surface area contributed by atoms with Gasteiger partial charge in [-0.3, -0.25) is 56.0 Å². The molecule has 0 saturated heterocycles. The number of anilines is 1. The van der Waals surface area contributed by atoms with Crippen LogP contribution in [0.2, 0.25) is 0 Å². The number of nitrogens with one attached hydrogen (secondary N) is 1. The van der Waals surface area contributed by atoms with Crippen LogP contribution < -0.4 is 5.43 Å². The summed E-state index contributed by atoms with van der Waals surface area (Å²) >= 11 is 0. The van der Waals surface area contributed by atoms with E-state index in [1.807, 2.05) is 0 Å². The second-order valence-electron chi connectivity index (χ2n) is 7.18. The minimum atomic E-state index is -0.910. The lowest BCUT2D eigenvalue weighted by atomic mass is 10.0. The second-order valence-corrected chi connectivity index (χ2v) is 7.18. The monoisotopic (exact) mass is 495 g/mol. The van der Waals surface area contributed by atoms with Gasteiger partial charge in [0, 0.05) is 35.4 Å². The number of hydrogen-bond acceptors (Lipinski definition) is 12. The van der Waals surface area contributed by atoms with E-state index in [1.165, 1.54) is 6.07 Å². The third-order valence-electron chi connectivity index (χ3n) is 5.18. The smallest absolute Gasteiger partial charge is 0.271 e. The van der Waals surface area contributed by atoms with Gasteiger partial charge in [0.05, 0.1) is 48.0 Å². The first kappa shape index (κ1) is 23.3. The molecule has 0 saturated carbocycles. The van der Waals surface area contributed by atoms with Crippen LogP contribution in [0.15, 0.2) is 53.6 Å². The van der Waals surface area contributed by atoms with E-state index in [2.05, 4.69) is 10.5 Å². The summed E-state index contributed by atoms with van der Waals surface area (Å²) in [5, 5.41) is 60.8.